The number of carbonyl (C=O) groups excluding carboxylic acids is 1. The molecule has 4 nitrogen and oxygen atoms in total. The SMILES string of the molecule is Cc1ccc(C2CCCN2C(=O)CCc2c(C)nn(CC(C)C)c2C)cc1C. The van der Waals surface area contributed by atoms with Gasteiger partial charge in [0.05, 0.1) is 11.7 Å². The molecule has 1 saturated heterocycles. The van der Waals surface area contributed by atoms with E-state index < -0.39 is 0 Å². The Hall–Kier alpha value is -2.10. The second-order valence-electron chi connectivity index (χ2n) is 8.81. The van der Waals surface area contributed by atoms with Crippen LogP contribution in [0.3, 0.4) is 0 Å². The van der Waals surface area contributed by atoms with Crippen LogP contribution in [0.2, 0.25) is 0 Å². The number of aryl methyl sites for hydroxylation is 3. The normalized spacial score (nSPS) is 17.0. The van der Waals surface area contributed by atoms with Gasteiger partial charge in [-0.2, -0.15) is 5.10 Å². The Kier molecular flexibility index (Phi) is 6.26. The Labute approximate surface area is 169 Å². The molecule has 1 aliphatic heterocycles. The lowest BCUT2D eigenvalue weighted by atomic mass is 9.99. The molecule has 0 saturated carbocycles. The van der Waals surface area contributed by atoms with Gasteiger partial charge in [0.25, 0.3) is 0 Å². The molecule has 0 bridgehead atoms. The molecule has 0 aliphatic carbocycles. The summed E-state index contributed by atoms with van der Waals surface area (Å²) in [6.07, 6.45) is 3.51. The molecule has 28 heavy (non-hydrogen) atoms. The lowest BCUT2D eigenvalue weighted by Gasteiger charge is -2.26. The van der Waals surface area contributed by atoms with Crippen molar-refractivity contribution in [1.82, 2.24) is 14.7 Å². The number of hydrogen-bond acceptors (Lipinski definition) is 2. The number of hydrogen-bond donors (Lipinski definition) is 0. The van der Waals surface area contributed by atoms with Crippen LogP contribution >= 0.6 is 0 Å². The van der Waals surface area contributed by atoms with Gasteiger partial charge in [-0.15, -0.1) is 0 Å². The summed E-state index contributed by atoms with van der Waals surface area (Å²) in [6, 6.07) is 6.87. The third kappa shape index (κ3) is 4.31. The average Bonchev–Trinajstić information content (AvgIpc) is 3.21. The molecule has 1 unspecified atom stereocenters. The van der Waals surface area contributed by atoms with Crippen LogP contribution in [-0.2, 0) is 17.8 Å². The van der Waals surface area contributed by atoms with E-state index in [0.717, 1.165) is 38.0 Å². The van der Waals surface area contributed by atoms with E-state index in [4.69, 9.17) is 5.10 Å². The number of benzene rings is 1. The van der Waals surface area contributed by atoms with Crippen molar-refractivity contribution in [3.05, 3.63) is 51.8 Å². The van der Waals surface area contributed by atoms with Gasteiger partial charge in [0.1, 0.15) is 0 Å². The number of carbonyl (C=O) groups is 1. The van der Waals surface area contributed by atoms with E-state index in [-0.39, 0.29) is 11.9 Å². The van der Waals surface area contributed by atoms with Crippen molar-refractivity contribution in [2.24, 2.45) is 5.92 Å². The Bertz CT molecular complexity index is 850. The van der Waals surface area contributed by atoms with Gasteiger partial charge in [0.15, 0.2) is 0 Å². The average molecular weight is 382 g/mol. The molecular formula is C24H35N3O. The summed E-state index contributed by atoms with van der Waals surface area (Å²) in [5, 5.41) is 4.70. The Morgan fingerprint density at radius 2 is 1.93 bits per heavy atom. The van der Waals surface area contributed by atoms with Gasteiger partial charge in [-0.3, -0.25) is 9.48 Å². The first kappa shape index (κ1) is 20.6. The minimum absolute atomic E-state index is 0.234. The highest BCUT2D eigenvalue weighted by Crippen LogP contribution is 2.33. The molecule has 1 aromatic carbocycles. The molecule has 1 aromatic heterocycles. The van der Waals surface area contributed by atoms with Crippen molar-refractivity contribution in [3.8, 4) is 0 Å². The topological polar surface area (TPSA) is 38.1 Å². The fourth-order valence-electron chi connectivity index (χ4n) is 4.38. The molecule has 4 heteroatoms. The van der Waals surface area contributed by atoms with Crippen molar-refractivity contribution >= 4 is 5.91 Å². The smallest absolute Gasteiger partial charge is 0.223 e. The molecule has 2 aromatic rings. The zero-order valence-corrected chi connectivity index (χ0v) is 18.4. The molecule has 0 spiro atoms. The fourth-order valence-corrected chi connectivity index (χ4v) is 4.38. The van der Waals surface area contributed by atoms with E-state index in [9.17, 15) is 4.79 Å². The summed E-state index contributed by atoms with van der Waals surface area (Å²) in [7, 11) is 0. The number of rotatable bonds is 6. The minimum Gasteiger partial charge on any atom is -0.336 e. The predicted molar refractivity (Wildman–Crippen MR) is 114 cm³/mol. The summed E-state index contributed by atoms with van der Waals surface area (Å²) >= 11 is 0. The van der Waals surface area contributed by atoms with Crippen molar-refractivity contribution in [1.29, 1.82) is 0 Å². The summed E-state index contributed by atoms with van der Waals surface area (Å²) < 4.78 is 2.10. The number of amides is 1. The fraction of sp³-hybridized carbons (Fsp3) is 0.583. The zero-order valence-electron chi connectivity index (χ0n) is 18.4. The zero-order chi connectivity index (χ0) is 20.4. The third-order valence-electron chi connectivity index (χ3n) is 6.15. The molecule has 3 rings (SSSR count). The maximum atomic E-state index is 13.1. The lowest BCUT2D eigenvalue weighted by Crippen LogP contribution is -2.30. The van der Waals surface area contributed by atoms with E-state index in [0.29, 0.717) is 12.3 Å². The third-order valence-corrected chi connectivity index (χ3v) is 6.15. The largest absolute Gasteiger partial charge is 0.336 e. The van der Waals surface area contributed by atoms with E-state index >= 15 is 0 Å². The quantitative estimate of drug-likeness (QED) is 0.701. The van der Waals surface area contributed by atoms with E-state index in [2.05, 4.69) is 69.3 Å². The van der Waals surface area contributed by atoms with E-state index in [1.165, 1.54) is 27.9 Å². The number of likely N-dealkylation sites (tertiary alicyclic amines) is 1. The van der Waals surface area contributed by atoms with Crippen molar-refractivity contribution < 1.29 is 4.79 Å². The summed E-state index contributed by atoms with van der Waals surface area (Å²) in [4.78, 5) is 15.2. The van der Waals surface area contributed by atoms with Gasteiger partial charge in [-0.25, -0.2) is 0 Å². The van der Waals surface area contributed by atoms with Crippen molar-refractivity contribution in [2.75, 3.05) is 6.54 Å². The van der Waals surface area contributed by atoms with Gasteiger partial charge in [-0.05, 0) is 75.1 Å². The summed E-state index contributed by atoms with van der Waals surface area (Å²) in [5.74, 6) is 0.840. The Morgan fingerprint density at radius 3 is 2.61 bits per heavy atom. The molecule has 0 radical (unpaired) electrons. The molecule has 2 heterocycles. The lowest BCUT2D eigenvalue weighted by molar-refractivity contribution is -0.132. The highest BCUT2D eigenvalue weighted by Gasteiger charge is 2.30. The standard InChI is InChI=1S/C24H35N3O/c1-16(2)15-27-20(6)22(19(5)25-27)11-12-24(28)26-13-7-8-23(26)21-10-9-17(3)18(4)14-21/h9-10,14,16,23H,7-8,11-13,15H2,1-6H3. The van der Waals surface area contributed by atoms with E-state index in [1.807, 2.05) is 0 Å². The van der Waals surface area contributed by atoms with Gasteiger partial charge in [-0.1, -0.05) is 32.0 Å². The molecule has 152 valence electrons. The van der Waals surface area contributed by atoms with Gasteiger partial charge in [0.2, 0.25) is 5.91 Å². The second-order valence-corrected chi connectivity index (χ2v) is 8.81. The van der Waals surface area contributed by atoms with Crippen LogP contribution in [0.15, 0.2) is 18.2 Å². The van der Waals surface area contributed by atoms with Crippen LogP contribution in [0, 0.1) is 33.6 Å². The molecule has 1 aliphatic rings. The van der Waals surface area contributed by atoms with Crippen LogP contribution in [0.4, 0.5) is 0 Å². The van der Waals surface area contributed by atoms with Crippen LogP contribution in [0.25, 0.3) is 0 Å². The Morgan fingerprint density at radius 1 is 1.18 bits per heavy atom. The van der Waals surface area contributed by atoms with Crippen LogP contribution in [0.1, 0.15) is 72.8 Å². The van der Waals surface area contributed by atoms with Gasteiger partial charge < -0.3 is 4.90 Å². The van der Waals surface area contributed by atoms with Crippen LogP contribution in [0.5, 0.6) is 0 Å². The minimum atomic E-state index is 0.234. The van der Waals surface area contributed by atoms with Crippen LogP contribution in [-0.4, -0.2) is 27.1 Å². The molecular weight excluding hydrogens is 346 g/mol. The van der Waals surface area contributed by atoms with Gasteiger partial charge >= 0.3 is 0 Å². The Balaban J connectivity index is 1.69. The van der Waals surface area contributed by atoms with Crippen molar-refractivity contribution in [2.45, 2.75) is 79.8 Å². The van der Waals surface area contributed by atoms with E-state index in [1.54, 1.807) is 0 Å². The summed E-state index contributed by atoms with van der Waals surface area (Å²) in [6.45, 7) is 14.7. The number of aromatic nitrogens is 2. The molecule has 1 fully saturated rings. The van der Waals surface area contributed by atoms with Crippen LogP contribution < -0.4 is 0 Å². The first-order valence-corrected chi connectivity index (χ1v) is 10.7. The first-order valence-electron chi connectivity index (χ1n) is 10.7. The molecule has 1 atom stereocenters. The summed E-state index contributed by atoms with van der Waals surface area (Å²) in [5.41, 5.74) is 7.43. The molecule has 1 amide bonds. The maximum Gasteiger partial charge on any atom is 0.223 e. The number of nitrogens with zero attached hydrogens (tertiary/aromatic N) is 3. The monoisotopic (exact) mass is 381 g/mol. The molecule has 0 N–H and O–H groups in total. The highest BCUT2D eigenvalue weighted by atomic mass is 16.2. The van der Waals surface area contributed by atoms with Crippen molar-refractivity contribution in [3.63, 3.8) is 0 Å². The highest BCUT2D eigenvalue weighted by molar-refractivity contribution is 5.77. The first-order chi connectivity index (χ1) is 13.3. The second kappa shape index (κ2) is 8.50. The van der Waals surface area contributed by atoms with Gasteiger partial charge in [0, 0.05) is 25.2 Å². The maximum absolute atomic E-state index is 13.1. The predicted octanol–water partition coefficient (Wildman–Crippen LogP) is 5.07.